The van der Waals surface area contributed by atoms with Crippen molar-refractivity contribution in [3.05, 3.63) is 0 Å². The van der Waals surface area contributed by atoms with Crippen LogP contribution in [0, 0.1) is 0 Å². The molecule has 0 rings (SSSR count). The van der Waals surface area contributed by atoms with E-state index in [9.17, 15) is 4.79 Å². The van der Waals surface area contributed by atoms with Gasteiger partial charge in [0, 0.05) is 12.6 Å². The van der Waals surface area contributed by atoms with E-state index in [0.717, 1.165) is 6.42 Å². The van der Waals surface area contributed by atoms with Crippen molar-refractivity contribution in [1.29, 1.82) is 0 Å². The number of carbonyl (C=O) groups is 1. The largest absolute Gasteiger partial charge is 0.460 e. The smallest absolute Gasteiger partial charge is 0.307 e. The van der Waals surface area contributed by atoms with Crippen molar-refractivity contribution in [1.82, 2.24) is 5.32 Å². The topological polar surface area (TPSA) is 38.3 Å². The van der Waals surface area contributed by atoms with Crippen molar-refractivity contribution in [3.63, 3.8) is 0 Å². The number of hydrogen-bond donors (Lipinski definition) is 1. The first-order valence-electron chi connectivity index (χ1n) is 5.80. The summed E-state index contributed by atoms with van der Waals surface area (Å²) in [4.78, 5) is 11.3. The van der Waals surface area contributed by atoms with Crippen molar-refractivity contribution in [2.24, 2.45) is 0 Å². The van der Waals surface area contributed by atoms with E-state index in [4.69, 9.17) is 4.74 Å². The van der Waals surface area contributed by atoms with E-state index >= 15 is 0 Å². The van der Waals surface area contributed by atoms with E-state index < -0.39 is 0 Å². The fourth-order valence-electron chi connectivity index (χ4n) is 1.35. The molecule has 0 saturated heterocycles. The molecule has 0 saturated carbocycles. The summed E-state index contributed by atoms with van der Waals surface area (Å²) in [5.41, 5.74) is -0.369. The van der Waals surface area contributed by atoms with Crippen molar-refractivity contribution in [2.75, 3.05) is 6.54 Å². The third-order valence-corrected chi connectivity index (χ3v) is 1.96. The van der Waals surface area contributed by atoms with Gasteiger partial charge in [0.15, 0.2) is 0 Å². The zero-order chi connectivity index (χ0) is 11.9. The minimum Gasteiger partial charge on any atom is -0.460 e. The molecular formula is C12H25NO2. The van der Waals surface area contributed by atoms with Crippen LogP contribution in [0.15, 0.2) is 0 Å². The Balaban J connectivity index is 3.55. The Bertz CT molecular complexity index is 185. The Morgan fingerprint density at radius 3 is 2.47 bits per heavy atom. The van der Waals surface area contributed by atoms with Crippen LogP contribution in [0.25, 0.3) is 0 Å². The van der Waals surface area contributed by atoms with Gasteiger partial charge >= 0.3 is 5.97 Å². The normalized spacial score (nSPS) is 13.7. The predicted molar refractivity (Wildman–Crippen MR) is 62.8 cm³/mol. The average molecular weight is 215 g/mol. The molecule has 1 N–H and O–H groups in total. The molecule has 90 valence electrons. The van der Waals surface area contributed by atoms with Crippen LogP contribution in [-0.4, -0.2) is 24.2 Å². The minimum atomic E-state index is -0.369. The standard InChI is InChI=1S/C12H25NO2/c1-6-7-10(2)13-9-8-11(14)15-12(3,4)5/h10,13H,6-9H2,1-5H3/t10-/m0/s1. The molecule has 0 amide bonds. The van der Waals surface area contributed by atoms with Gasteiger partial charge in [-0.15, -0.1) is 0 Å². The van der Waals surface area contributed by atoms with Gasteiger partial charge in [0.05, 0.1) is 6.42 Å². The molecule has 0 bridgehead atoms. The van der Waals surface area contributed by atoms with Crippen LogP contribution < -0.4 is 5.32 Å². The lowest BCUT2D eigenvalue weighted by Crippen LogP contribution is -2.30. The second kappa shape index (κ2) is 6.83. The van der Waals surface area contributed by atoms with Gasteiger partial charge in [-0.05, 0) is 34.1 Å². The van der Waals surface area contributed by atoms with Gasteiger partial charge in [-0.1, -0.05) is 13.3 Å². The minimum absolute atomic E-state index is 0.126. The lowest BCUT2D eigenvalue weighted by molar-refractivity contribution is -0.154. The zero-order valence-corrected chi connectivity index (χ0v) is 10.7. The van der Waals surface area contributed by atoms with E-state index in [0.29, 0.717) is 19.0 Å². The molecule has 0 heterocycles. The zero-order valence-electron chi connectivity index (χ0n) is 10.7. The van der Waals surface area contributed by atoms with Crippen molar-refractivity contribution < 1.29 is 9.53 Å². The van der Waals surface area contributed by atoms with Crippen LogP contribution in [0.2, 0.25) is 0 Å². The lowest BCUT2D eigenvalue weighted by Gasteiger charge is -2.20. The highest BCUT2D eigenvalue weighted by Crippen LogP contribution is 2.07. The molecule has 3 nitrogen and oxygen atoms in total. The van der Waals surface area contributed by atoms with Crippen molar-refractivity contribution in [2.45, 2.75) is 65.5 Å². The molecule has 0 aliphatic carbocycles. The molecule has 0 spiro atoms. The first-order chi connectivity index (χ1) is 6.85. The maximum atomic E-state index is 11.3. The number of carbonyl (C=O) groups excluding carboxylic acids is 1. The van der Waals surface area contributed by atoms with E-state index in [1.54, 1.807) is 0 Å². The third-order valence-electron chi connectivity index (χ3n) is 1.96. The highest BCUT2D eigenvalue weighted by Gasteiger charge is 2.15. The quantitative estimate of drug-likeness (QED) is 0.692. The summed E-state index contributed by atoms with van der Waals surface area (Å²) in [6.07, 6.45) is 2.76. The van der Waals surface area contributed by atoms with Gasteiger partial charge in [0.2, 0.25) is 0 Å². The third kappa shape index (κ3) is 9.73. The molecule has 0 aromatic heterocycles. The molecule has 0 radical (unpaired) electrons. The van der Waals surface area contributed by atoms with Gasteiger partial charge in [0.25, 0.3) is 0 Å². The molecule has 15 heavy (non-hydrogen) atoms. The highest BCUT2D eigenvalue weighted by atomic mass is 16.6. The molecule has 0 aromatic carbocycles. The summed E-state index contributed by atoms with van der Waals surface area (Å²) in [6, 6.07) is 0.484. The van der Waals surface area contributed by atoms with Gasteiger partial charge in [-0.25, -0.2) is 0 Å². The summed E-state index contributed by atoms with van der Waals surface area (Å²) < 4.78 is 5.20. The van der Waals surface area contributed by atoms with Gasteiger partial charge < -0.3 is 10.1 Å². The fraction of sp³-hybridized carbons (Fsp3) is 0.917. The Morgan fingerprint density at radius 1 is 1.40 bits per heavy atom. The average Bonchev–Trinajstić information content (AvgIpc) is 2.00. The Kier molecular flexibility index (Phi) is 6.57. The summed E-state index contributed by atoms with van der Waals surface area (Å²) in [5.74, 6) is -0.126. The summed E-state index contributed by atoms with van der Waals surface area (Å²) >= 11 is 0. The van der Waals surface area contributed by atoms with Crippen LogP contribution in [0.1, 0.15) is 53.9 Å². The van der Waals surface area contributed by atoms with Crippen LogP contribution in [0.4, 0.5) is 0 Å². The SMILES string of the molecule is CCC[C@H](C)NCCC(=O)OC(C)(C)C. The summed E-state index contributed by atoms with van der Waals surface area (Å²) in [7, 11) is 0. The molecular weight excluding hydrogens is 190 g/mol. The first-order valence-corrected chi connectivity index (χ1v) is 5.80. The Labute approximate surface area is 93.6 Å². The highest BCUT2D eigenvalue weighted by molar-refractivity contribution is 5.70. The second-order valence-corrected chi connectivity index (χ2v) is 4.98. The van der Waals surface area contributed by atoms with Crippen LogP contribution in [0.5, 0.6) is 0 Å². The number of esters is 1. The van der Waals surface area contributed by atoms with E-state index in [-0.39, 0.29) is 11.6 Å². The second-order valence-electron chi connectivity index (χ2n) is 4.98. The molecule has 3 heteroatoms. The molecule has 0 aliphatic heterocycles. The number of ether oxygens (including phenoxy) is 1. The van der Waals surface area contributed by atoms with Crippen LogP contribution >= 0.6 is 0 Å². The predicted octanol–water partition coefficient (Wildman–Crippen LogP) is 2.50. The fourth-order valence-corrected chi connectivity index (χ4v) is 1.35. The van der Waals surface area contributed by atoms with Gasteiger partial charge in [0.1, 0.15) is 5.60 Å². The number of rotatable bonds is 6. The summed E-state index contributed by atoms with van der Waals surface area (Å²) in [5, 5.41) is 3.30. The lowest BCUT2D eigenvalue weighted by atomic mass is 10.2. The van der Waals surface area contributed by atoms with Crippen molar-refractivity contribution >= 4 is 5.97 Å². The van der Waals surface area contributed by atoms with Crippen LogP contribution in [-0.2, 0) is 9.53 Å². The molecule has 0 aliphatic rings. The van der Waals surface area contributed by atoms with Crippen LogP contribution in [0.3, 0.4) is 0 Å². The van der Waals surface area contributed by atoms with E-state index in [1.165, 1.54) is 6.42 Å². The van der Waals surface area contributed by atoms with Gasteiger partial charge in [-0.3, -0.25) is 4.79 Å². The first kappa shape index (κ1) is 14.4. The molecule has 0 unspecified atom stereocenters. The summed E-state index contributed by atoms with van der Waals surface area (Å²) in [6.45, 7) is 10.7. The van der Waals surface area contributed by atoms with Crippen molar-refractivity contribution in [3.8, 4) is 0 Å². The molecule has 0 aromatic rings. The van der Waals surface area contributed by atoms with E-state index in [2.05, 4.69) is 19.2 Å². The Hall–Kier alpha value is -0.570. The maximum Gasteiger partial charge on any atom is 0.307 e. The number of hydrogen-bond acceptors (Lipinski definition) is 3. The number of nitrogens with one attached hydrogen (secondary N) is 1. The molecule has 1 atom stereocenters. The maximum absolute atomic E-state index is 11.3. The Morgan fingerprint density at radius 2 is 2.00 bits per heavy atom. The molecule has 0 fully saturated rings. The van der Waals surface area contributed by atoms with E-state index in [1.807, 2.05) is 20.8 Å². The monoisotopic (exact) mass is 215 g/mol. The van der Waals surface area contributed by atoms with Gasteiger partial charge in [-0.2, -0.15) is 0 Å².